The number of likely N-dealkylation sites (tertiary alicyclic amines) is 1. The zero-order valence-electron chi connectivity index (χ0n) is 18.7. The SMILES string of the molecule is COc1ccc(CN2CCC(NC(=O)C[C@@H](c3ccsc3)n3cccc3)CC2)cc1OC. The average Bonchev–Trinajstić information content (AvgIpc) is 3.53. The van der Waals surface area contributed by atoms with Crippen molar-refractivity contribution in [3.8, 4) is 11.5 Å². The van der Waals surface area contributed by atoms with Crippen LogP contribution in [0, 0.1) is 0 Å². The number of rotatable bonds is 9. The van der Waals surface area contributed by atoms with Crippen LogP contribution in [0.2, 0.25) is 0 Å². The number of hydrogen-bond donors (Lipinski definition) is 1. The number of carbonyl (C=O) groups is 1. The van der Waals surface area contributed by atoms with Crippen molar-refractivity contribution in [2.45, 2.75) is 37.9 Å². The van der Waals surface area contributed by atoms with Gasteiger partial charge >= 0.3 is 0 Å². The summed E-state index contributed by atoms with van der Waals surface area (Å²) >= 11 is 1.67. The summed E-state index contributed by atoms with van der Waals surface area (Å²) in [4.78, 5) is 15.3. The van der Waals surface area contributed by atoms with Gasteiger partial charge in [-0.1, -0.05) is 6.07 Å². The third kappa shape index (κ3) is 5.53. The van der Waals surface area contributed by atoms with Crippen LogP contribution in [0.1, 0.15) is 36.4 Å². The van der Waals surface area contributed by atoms with E-state index < -0.39 is 0 Å². The fraction of sp³-hybridized carbons (Fsp3) is 0.400. The van der Waals surface area contributed by atoms with Gasteiger partial charge in [0.2, 0.25) is 5.91 Å². The highest BCUT2D eigenvalue weighted by atomic mass is 32.1. The lowest BCUT2D eigenvalue weighted by atomic mass is 10.0. The van der Waals surface area contributed by atoms with Gasteiger partial charge in [-0.25, -0.2) is 0 Å². The Kier molecular flexibility index (Phi) is 7.50. The Bertz CT molecular complexity index is 946. The number of nitrogens with zero attached hydrogens (tertiary/aromatic N) is 2. The monoisotopic (exact) mass is 453 g/mol. The van der Waals surface area contributed by atoms with Crippen molar-refractivity contribution in [2.75, 3.05) is 27.3 Å². The summed E-state index contributed by atoms with van der Waals surface area (Å²) in [7, 11) is 3.31. The molecule has 1 aliphatic rings. The lowest BCUT2D eigenvalue weighted by Crippen LogP contribution is -2.44. The molecule has 1 aromatic carbocycles. The second-order valence-electron chi connectivity index (χ2n) is 8.21. The Balaban J connectivity index is 1.28. The molecular formula is C25H31N3O3S. The smallest absolute Gasteiger partial charge is 0.222 e. The summed E-state index contributed by atoms with van der Waals surface area (Å²) in [5.74, 6) is 1.63. The molecule has 1 fully saturated rings. The number of hydrogen-bond acceptors (Lipinski definition) is 5. The molecule has 0 saturated carbocycles. The van der Waals surface area contributed by atoms with Gasteiger partial charge in [-0.05, 0) is 65.1 Å². The number of amides is 1. The predicted molar refractivity (Wildman–Crippen MR) is 127 cm³/mol. The topological polar surface area (TPSA) is 55.7 Å². The number of thiophene rings is 1. The molecule has 1 N–H and O–H groups in total. The first kappa shape index (κ1) is 22.4. The van der Waals surface area contributed by atoms with Gasteiger partial charge in [0.25, 0.3) is 0 Å². The fourth-order valence-corrected chi connectivity index (χ4v) is 5.06. The number of ether oxygens (including phenoxy) is 2. The Labute approximate surface area is 193 Å². The lowest BCUT2D eigenvalue weighted by Gasteiger charge is -2.32. The standard InChI is InChI=1S/C25H31N3O3S/c1-30-23-6-5-19(15-24(23)31-2)17-27-12-7-21(8-13-27)26-25(29)16-22(20-9-14-32-18-20)28-10-3-4-11-28/h3-6,9-11,14-15,18,21-22H,7-8,12-13,16-17H2,1-2H3,(H,26,29)/t22-/m0/s1. The van der Waals surface area contributed by atoms with Gasteiger partial charge in [-0.3, -0.25) is 9.69 Å². The van der Waals surface area contributed by atoms with Gasteiger partial charge in [0.15, 0.2) is 11.5 Å². The predicted octanol–water partition coefficient (Wildman–Crippen LogP) is 4.33. The average molecular weight is 454 g/mol. The minimum atomic E-state index is 0.0430. The molecule has 1 aliphatic heterocycles. The first-order valence-corrected chi connectivity index (χ1v) is 12.0. The first-order chi connectivity index (χ1) is 15.7. The van der Waals surface area contributed by atoms with Gasteiger partial charge in [-0.15, -0.1) is 0 Å². The van der Waals surface area contributed by atoms with Gasteiger partial charge in [-0.2, -0.15) is 11.3 Å². The molecule has 4 rings (SSSR count). The third-order valence-electron chi connectivity index (χ3n) is 6.10. The largest absolute Gasteiger partial charge is 0.493 e. The summed E-state index contributed by atoms with van der Waals surface area (Å²) in [5.41, 5.74) is 2.39. The summed E-state index contributed by atoms with van der Waals surface area (Å²) < 4.78 is 12.9. The molecule has 1 atom stereocenters. The second kappa shape index (κ2) is 10.7. The highest BCUT2D eigenvalue weighted by Crippen LogP contribution is 2.29. The first-order valence-electron chi connectivity index (χ1n) is 11.0. The van der Waals surface area contributed by atoms with Crippen LogP contribution in [0.25, 0.3) is 0 Å². The Hall–Kier alpha value is -2.77. The van der Waals surface area contributed by atoms with Crippen LogP contribution in [0.3, 0.4) is 0 Å². The van der Waals surface area contributed by atoms with Crippen LogP contribution >= 0.6 is 11.3 Å². The summed E-state index contributed by atoms with van der Waals surface area (Å²) in [6.45, 7) is 2.80. The van der Waals surface area contributed by atoms with E-state index in [-0.39, 0.29) is 18.0 Å². The zero-order chi connectivity index (χ0) is 22.3. The molecule has 0 unspecified atom stereocenters. The molecule has 3 heterocycles. The van der Waals surface area contributed by atoms with Crippen LogP contribution in [-0.2, 0) is 11.3 Å². The molecule has 3 aromatic rings. The molecule has 7 heteroatoms. The van der Waals surface area contributed by atoms with Crippen molar-refractivity contribution in [1.82, 2.24) is 14.8 Å². The van der Waals surface area contributed by atoms with Gasteiger partial charge < -0.3 is 19.4 Å². The Morgan fingerprint density at radius 1 is 1.12 bits per heavy atom. The highest BCUT2D eigenvalue weighted by Gasteiger charge is 2.23. The Morgan fingerprint density at radius 3 is 2.53 bits per heavy atom. The normalized spacial score (nSPS) is 15.9. The van der Waals surface area contributed by atoms with Crippen LogP contribution in [0.5, 0.6) is 11.5 Å². The molecule has 0 spiro atoms. The fourth-order valence-electron chi connectivity index (χ4n) is 4.35. The third-order valence-corrected chi connectivity index (χ3v) is 6.80. The summed E-state index contributed by atoms with van der Waals surface area (Å²) in [6.07, 6.45) is 6.44. The van der Waals surface area contributed by atoms with E-state index in [0.717, 1.165) is 44.0 Å². The molecule has 170 valence electrons. The van der Waals surface area contributed by atoms with Crippen molar-refractivity contribution in [1.29, 1.82) is 0 Å². The number of piperidine rings is 1. The Morgan fingerprint density at radius 2 is 1.88 bits per heavy atom. The lowest BCUT2D eigenvalue weighted by molar-refractivity contribution is -0.122. The van der Waals surface area contributed by atoms with E-state index in [1.807, 2.05) is 36.7 Å². The number of nitrogens with one attached hydrogen (secondary N) is 1. The zero-order valence-corrected chi connectivity index (χ0v) is 19.5. The molecule has 32 heavy (non-hydrogen) atoms. The molecule has 0 radical (unpaired) electrons. The van der Waals surface area contributed by atoms with E-state index >= 15 is 0 Å². The van der Waals surface area contributed by atoms with Crippen LogP contribution in [0.15, 0.2) is 59.6 Å². The second-order valence-corrected chi connectivity index (χ2v) is 8.99. The van der Waals surface area contributed by atoms with Crippen LogP contribution < -0.4 is 14.8 Å². The molecular weight excluding hydrogens is 422 g/mol. The quantitative estimate of drug-likeness (QED) is 0.524. The van der Waals surface area contributed by atoms with Gasteiger partial charge in [0.05, 0.1) is 26.7 Å². The molecule has 1 saturated heterocycles. The van der Waals surface area contributed by atoms with E-state index in [0.29, 0.717) is 6.42 Å². The van der Waals surface area contributed by atoms with Crippen molar-refractivity contribution in [3.05, 3.63) is 70.7 Å². The number of methoxy groups -OCH3 is 2. The van der Waals surface area contributed by atoms with E-state index in [1.165, 1.54) is 11.1 Å². The molecule has 0 bridgehead atoms. The van der Waals surface area contributed by atoms with E-state index in [2.05, 4.69) is 37.7 Å². The summed E-state index contributed by atoms with van der Waals surface area (Å²) in [6, 6.07) is 12.5. The van der Waals surface area contributed by atoms with E-state index in [4.69, 9.17) is 9.47 Å². The minimum absolute atomic E-state index is 0.0430. The molecule has 0 aliphatic carbocycles. The molecule has 1 amide bonds. The number of benzene rings is 1. The van der Waals surface area contributed by atoms with Crippen LogP contribution in [0.4, 0.5) is 0 Å². The van der Waals surface area contributed by atoms with Gasteiger partial charge in [0, 0.05) is 38.1 Å². The maximum Gasteiger partial charge on any atom is 0.222 e. The van der Waals surface area contributed by atoms with Crippen molar-refractivity contribution < 1.29 is 14.3 Å². The molecule has 2 aromatic heterocycles. The summed E-state index contributed by atoms with van der Waals surface area (Å²) in [5, 5.41) is 7.48. The van der Waals surface area contributed by atoms with Gasteiger partial charge in [0.1, 0.15) is 0 Å². The maximum absolute atomic E-state index is 12.9. The number of aromatic nitrogens is 1. The van der Waals surface area contributed by atoms with E-state index in [1.54, 1.807) is 25.6 Å². The minimum Gasteiger partial charge on any atom is -0.493 e. The highest BCUT2D eigenvalue weighted by molar-refractivity contribution is 7.08. The van der Waals surface area contributed by atoms with Crippen LogP contribution in [-0.4, -0.2) is 48.7 Å². The number of carbonyl (C=O) groups excluding carboxylic acids is 1. The van der Waals surface area contributed by atoms with Crippen molar-refractivity contribution in [2.24, 2.45) is 0 Å². The van der Waals surface area contributed by atoms with Crippen molar-refractivity contribution >= 4 is 17.2 Å². The molecule has 6 nitrogen and oxygen atoms in total. The van der Waals surface area contributed by atoms with E-state index in [9.17, 15) is 4.79 Å². The maximum atomic E-state index is 12.9. The van der Waals surface area contributed by atoms with Crippen molar-refractivity contribution in [3.63, 3.8) is 0 Å².